The van der Waals surface area contributed by atoms with E-state index in [0.29, 0.717) is 16.9 Å². The molecule has 1 aromatic carbocycles. The summed E-state index contributed by atoms with van der Waals surface area (Å²) < 4.78 is 15.9. The van der Waals surface area contributed by atoms with Crippen LogP contribution < -0.4 is 11.3 Å². The molecule has 2 aromatic rings. The van der Waals surface area contributed by atoms with Crippen LogP contribution in [0.15, 0.2) is 17.0 Å². The molecule has 0 saturated carbocycles. The lowest BCUT2D eigenvalue weighted by Gasteiger charge is -2.13. The van der Waals surface area contributed by atoms with Crippen molar-refractivity contribution in [1.29, 1.82) is 0 Å². The van der Waals surface area contributed by atoms with E-state index in [4.69, 9.17) is 5.84 Å². The first kappa shape index (κ1) is 15.8. The van der Waals surface area contributed by atoms with Gasteiger partial charge in [-0.05, 0) is 31.7 Å². The summed E-state index contributed by atoms with van der Waals surface area (Å²) in [5.74, 6) is 5.99. The van der Waals surface area contributed by atoms with Crippen LogP contribution in [0.5, 0.6) is 0 Å². The fourth-order valence-corrected chi connectivity index (χ4v) is 3.09. The van der Waals surface area contributed by atoms with Crippen LogP contribution in [0.4, 0.5) is 4.39 Å². The van der Waals surface area contributed by atoms with Crippen molar-refractivity contribution in [2.75, 3.05) is 5.75 Å². The SMILES string of the molecule is CCSc1cc2c(cc1C(=O)NN)nc(C(C)(C)F)n2C. The lowest BCUT2D eigenvalue weighted by molar-refractivity contribution is 0.0951. The molecule has 7 heteroatoms. The maximum Gasteiger partial charge on any atom is 0.266 e. The van der Waals surface area contributed by atoms with E-state index >= 15 is 0 Å². The molecule has 0 radical (unpaired) electrons. The van der Waals surface area contributed by atoms with Crippen molar-refractivity contribution in [3.05, 3.63) is 23.5 Å². The zero-order valence-corrected chi connectivity index (χ0v) is 13.3. The van der Waals surface area contributed by atoms with E-state index < -0.39 is 5.67 Å². The molecule has 114 valence electrons. The molecule has 1 amide bonds. The fraction of sp³-hybridized carbons (Fsp3) is 0.429. The van der Waals surface area contributed by atoms with Gasteiger partial charge in [0.1, 0.15) is 5.82 Å². The number of hydrogen-bond donors (Lipinski definition) is 2. The predicted molar refractivity (Wildman–Crippen MR) is 82.9 cm³/mol. The average molecular weight is 310 g/mol. The Morgan fingerprint density at radius 1 is 1.52 bits per heavy atom. The number of nitrogens with two attached hydrogens (primary N) is 1. The van der Waals surface area contributed by atoms with Crippen LogP contribution >= 0.6 is 11.8 Å². The van der Waals surface area contributed by atoms with Gasteiger partial charge in [0.05, 0.1) is 16.6 Å². The Morgan fingerprint density at radius 2 is 2.19 bits per heavy atom. The van der Waals surface area contributed by atoms with Gasteiger partial charge in [-0.3, -0.25) is 10.2 Å². The molecule has 0 spiro atoms. The molecule has 5 nitrogen and oxygen atoms in total. The second-order valence-corrected chi connectivity index (χ2v) is 6.52. The summed E-state index contributed by atoms with van der Waals surface area (Å²) >= 11 is 1.53. The van der Waals surface area contributed by atoms with E-state index in [0.717, 1.165) is 16.2 Å². The Kier molecular flexibility index (Phi) is 4.25. The molecule has 1 heterocycles. The third-order valence-electron chi connectivity index (χ3n) is 3.19. The van der Waals surface area contributed by atoms with E-state index in [9.17, 15) is 9.18 Å². The van der Waals surface area contributed by atoms with Gasteiger partial charge in [0.25, 0.3) is 5.91 Å². The van der Waals surface area contributed by atoms with Crippen LogP contribution in [0, 0.1) is 0 Å². The molecule has 0 atom stereocenters. The summed E-state index contributed by atoms with van der Waals surface area (Å²) in [5.41, 5.74) is 2.41. The number of rotatable bonds is 4. The number of aryl methyl sites for hydroxylation is 1. The zero-order chi connectivity index (χ0) is 15.8. The number of aromatic nitrogens is 2. The van der Waals surface area contributed by atoms with Crippen molar-refractivity contribution in [2.24, 2.45) is 12.9 Å². The van der Waals surface area contributed by atoms with Gasteiger partial charge in [-0.1, -0.05) is 6.92 Å². The van der Waals surface area contributed by atoms with Gasteiger partial charge in [0.15, 0.2) is 5.67 Å². The first-order chi connectivity index (χ1) is 9.79. The van der Waals surface area contributed by atoms with Crippen molar-refractivity contribution in [2.45, 2.75) is 31.3 Å². The minimum absolute atomic E-state index is 0.329. The topological polar surface area (TPSA) is 72.9 Å². The molecule has 3 N–H and O–H groups in total. The Balaban J connectivity index is 2.71. The monoisotopic (exact) mass is 310 g/mol. The molecular formula is C14H19FN4OS. The average Bonchev–Trinajstić information content (AvgIpc) is 2.74. The molecule has 0 aliphatic heterocycles. The summed E-state index contributed by atoms with van der Waals surface area (Å²) in [4.78, 5) is 17.0. The van der Waals surface area contributed by atoms with Crippen molar-refractivity contribution in [3.8, 4) is 0 Å². The van der Waals surface area contributed by atoms with Gasteiger partial charge >= 0.3 is 0 Å². The lowest BCUT2D eigenvalue weighted by Crippen LogP contribution is -2.30. The molecule has 1 aromatic heterocycles. The third-order valence-corrected chi connectivity index (χ3v) is 4.13. The highest BCUT2D eigenvalue weighted by atomic mass is 32.2. The standard InChI is InChI=1S/C14H19FN4OS/c1-5-21-11-7-10-9(6-8(11)12(20)18-16)17-13(19(10)4)14(2,3)15/h6-7H,5,16H2,1-4H3,(H,18,20). The number of hydrazine groups is 1. The number of halogens is 1. The number of nitrogens with one attached hydrogen (secondary N) is 1. The summed E-state index contributed by atoms with van der Waals surface area (Å²) in [7, 11) is 1.77. The largest absolute Gasteiger partial charge is 0.328 e. The van der Waals surface area contributed by atoms with E-state index in [1.807, 2.05) is 13.0 Å². The minimum Gasteiger partial charge on any atom is -0.328 e. The first-order valence-electron chi connectivity index (χ1n) is 6.63. The molecule has 0 aliphatic carbocycles. The number of nitrogens with zero attached hydrogens (tertiary/aromatic N) is 2. The van der Waals surface area contributed by atoms with Crippen LogP contribution in [0.1, 0.15) is 37.0 Å². The van der Waals surface area contributed by atoms with Crippen molar-refractivity contribution in [3.63, 3.8) is 0 Å². The summed E-state index contributed by atoms with van der Waals surface area (Å²) in [6.45, 7) is 4.92. The Labute approximate surface area is 127 Å². The van der Waals surface area contributed by atoms with Gasteiger partial charge in [0, 0.05) is 11.9 Å². The molecular weight excluding hydrogens is 291 g/mol. The van der Waals surface area contributed by atoms with Gasteiger partial charge in [-0.25, -0.2) is 15.2 Å². The summed E-state index contributed by atoms with van der Waals surface area (Å²) in [5, 5.41) is 0. The van der Waals surface area contributed by atoms with Crippen LogP contribution in [0.2, 0.25) is 0 Å². The summed E-state index contributed by atoms with van der Waals surface area (Å²) in [6.07, 6.45) is 0. The number of nitrogen functional groups attached to an aromatic ring is 1. The third kappa shape index (κ3) is 2.89. The van der Waals surface area contributed by atoms with Crippen molar-refractivity contribution < 1.29 is 9.18 Å². The van der Waals surface area contributed by atoms with E-state index in [1.165, 1.54) is 25.6 Å². The minimum atomic E-state index is -1.55. The molecule has 21 heavy (non-hydrogen) atoms. The lowest BCUT2D eigenvalue weighted by atomic mass is 10.1. The second-order valence-electron chi connectivity index (χ2n) is 5.21. The first-order valence-corrected chi connectivity index (χ1v) is 7.61. The number of thioether (sulfide) groups is 1. The van der Waals surface area contributed by atoms with E-state index in [1.54, 1.807) is 17.7 Å². The van der Waals surface area contributed by atoms with Crippen LogP contribution in [-0.4, -0.2) is 21.2 Å². The number of imidazole rings is 1. The predicted octanol–water partition coefficient (Wildman–Crippen LogP) is 2.49. The molecule has 0 aliphatic rings. The summed E-state index contributed by atoms with van der Waals surface area (Å²) in [6, 6.07) is 3.51. The number of carbonyl (C=O) groups is 1. The Hall–Kier alpha value is -1.60. The van der Waals surface area contributed by atoms with Crippen LogP contribution in [0.25, 0.3) is 11.0 Å². The highest BCUT2D eigenvalue weighted by Gasteiger charge is 2.26. The van der Waals surface area contributed by atoms with Gasteiger partial charge < -0.3 is 4.57 Å². The number of fused-ring (bicyclic) bond motifs is 1. The smallest absolute Gasteiger partial charge is 0.266 e. The molecule has 0 bridgehead atoms. The second kappa shape index (κ2) is 5.65. The van der Waals surface area contributed by atoms with Crippen molar-refractivity contribution in [1.82, 2.24) is 15.0 Å². The maximum atomic E-state index is 14.2. The Morgan fingerprint density at radius 3 is 2.71 bits per heavy atom. The Bertz CT molecular complexity index is 690. The highest BCUT2D eigenvalue weighted by Crippen LogP contribution is 2.31. The maximum absolute atomic E-state index is 14.2. The number of carbonyl (C=O) groups excluding carboxylic acids is 1. The van der Waals surface area contributed by atoms with Gasteiger partial charge in [-0.15, -0.1) is 11.8 Å². The number of benzene rings is 1. The number of alkyl halides is 1. The van der Waals surface area contributed by atoms with Gasteiger partial charge in [0.2, 0.25) is 0 Å². The van der Waals surface area contributed by atoms with Crippen molar-refractivity contribution >= 4 is 28.7 Å². The highest BCUT2D eigenvalue weighted by molar-refractivity contribution is 7.99. The van der Waals surface area contributed by atoms with E-state index in [2.05, 4.69) is 10.4 Å². The normalized spacial score (nSPS) is 11.9. The molecule has 0 fully saturated rings. The van der Waals surface area contributed by atoms with Crippen LogP contribution in [-0.2, 0) is 12.7 Å². The molecule has 0 unspecified atom stereocenters. The van der Waals surface area contributed by atoms with Crippen LogP contribution in [0.3, 0.4) is 0 Å². The quantitative estimate of drug-likeness (QED) is 0.394. The molecule has 0 saturated heterocycles. The fourth-order valence-electron chi connectivity index (χ4n) is 2.28. The number of amides is 1. The van der Waals surface area contributed by atoms with Gasteiger partial charge in [-0.2, -0.15) is 0 Å². The molecule has 2 rings (SSSR count). The number of hydrogen-bond acceptors (Lipinski definition) is 4. The zero-order valence-electron chi connectivity index (χ0n) is 12.5. The van der Waals surface area contributed by atoms with E-state index in [-0.39, 0.29) is 5.91 Å².